The van der Waals surface area contributed by atoms with Crippen molar-refractivity contribution in [2.24, 2.45) is 0 Å². The maximum Gasteiger partial charge on any atom is 0.282 e. The molecule has 0 aliphatic heterocycles. The number of H-pyrrole nitrogens is 1. The number of carbonyl (C=O) groups excluding carboxylic acids is 1. The fourth-order valence-electron chi connectivity index (χ4n) is 2.46. The lowest BCUT2D eigenvalue weighted by molar-refractivity contribution is 0.101. The molecule has 0 spiro atoms. The van der Waals surface area contributed by atoms with Gasteiger partial charge in [0.05, 0.1) is 18.1 Å². The molecule has 1 amide bonds. The highest BCUT2D eigenvalue weighted by atomic mass is 19.1. The highest BCUT2D eigenvalue weighted by molar-refractivity contribution is 6.04. The number of halogens is 1. The van der Waals surface area contributed by atoms with E-state index in [-0.39, 0.29) is 29.0 Å². The lowest BCUT2D eigenvalue weighted by Crippen LogP contribution is -2.17. The molecular formula is C18H13FN6O3. The summed E-state index contributed by atoms with van der Waals surface area (Å²) in [6, 6.07) is 10.8. The molecule has 2 heterocycles. The standard InChI is InChI=1S/C18H13FN6O3/c1-27-14-8-10(19)6-7-13(14)28-17-15(16(26)24-18-20-9-21-25-18)22-11-4-2-3-5-12(11)23-17/h2-9H,1H3,(H2,20,21,24,25,26). The second-order valence-electron chi connectivity index (χ2n) is 5.54. The average Bonchev–Trinajstić information content (AvgIpc) is 3.21. The Labute approximate surface area is 157 Å². The van der Waals surface area contributed by atoms with Crippen molar-refractivity contribution in [2.75, 3.05) is 12.4 Å². The fraction of sp³-hybridized carbons (Fsp3) is 0.0556. The molecule has 0 bridgehead atoms. The van der Waals surface area contributed by atoms with Gasteiger partial charge in [-0.15, -0.1) is 5.10 Å². The Morgan fingerprint density at radius 2 is 1.89 bits per heavy atom. The molecule has 0 fully saturated rings. The van der Waals surface area contributed by atoms with E-state index in [0.717, 1.165) is 6.07 Å². The molecule has 4 aromatic rings. The summed E-state index contributed by atoms with van der Waals surface area (Å²) >= 11 is 0. The van der Waals surface area contributed by atoms with E-state index >= 15 is 0 Å². The molecule has 0 aliphatic carbocycles. The number of nitrogens with one attached hydrogen (secondary N) is 2. The molecule has 0 radical (unpaired) electrons. The Kier molecular flexibility index (Phi) is 4.50. The first-order chi connectivity index (χ1) is 13.6. The molecule has 28 heavy (non-hydrogen) atoms. The summed E-state index contributed by atoms with van der Waals surface area (Å²) in [6.07, 6.45) is 1.32. The number of aromatic amines is 1. The first-order valence-corrected chi connectivity index (χ1v) is 8.09. The number of anilines is 1. The van der Waals surface area contributed by atoms with Crippen LogP contribution in [0.15, 0.2) is 48.8 Å². The number of fused-ring (bicyclic) bond motifs is 1. The summed E-state index contributed by atoms with van der Waals surface area (Å²) in [5.41, 5.74) is 0.934. The minimum Gasteiger partial charge on any atom is -0.493 e. The largest absolute Gasteiger partial charge is 0.493 e. The summed E-state index contributed by atoms with van der Waals surface area (Å²) in [7, 11) is 1.38. The molecule has 9 nitrogen and oxygen atoms in total. The molecule has 2 aromatic heterocycles. The van der Waals surface area contributed by atoms with Gasteiger partial charge in [0.1, 0.15) is 12.1 Å². The monoisotopic (exact) mass is 380 g/mol. The van der Waals surface area contributed by atoms with E-state index in [2.05, 4.69) is 30.5 Å². The molecule has 0 saturated heterocycles. The maximum absolute atomic E-state index is 13.5. The van der Waals surface area contributed by atoms with Gasteiger partial charge in [-0.25, -0.2) is 19.3 Å². The third kappa shape index (κ3) is 3.43. The molecule has 0 aliphatic rings. The number of aromatic nitrogens is 5. The van der Waals surface area contributed by atoms with Crippen molar-refractivity contribution in [2.45, 2.75) is 0 Å². The Morgan fingerprint density at radius 3 is 2.61 bits per heavy atom. The van der Waals surface area contributed by atoms with Crippen molar-refractivity contribution in [3.63, 3.8) is 0 Å². The van der Waals surface area contributed by atoms with Gasteiger partial charge >= 0.3 is 0 Å². The number of amides is 1. The minimum atomic E-state index is -0.617. The van der Waals surface area contributed by atoms with Crippen LogP contribution in [0.4, 0.5) is 10.3 Å². The molecule has 0 atom stereocenters. The predicted octanol–water partition coefficient (Wildman–Crippen LogP) is 2.94. The lowest BCUT2D eigenvalue weighted by Gasteiger charge is -2.12. The van der Waals surface area contributed by atoms with Crippen molar-refractivity contribution in [1.82, 2.24) is 25.1 Å². The number of hydrogen-bond acceptors (Lipinski definition) is 7. The molecule has 140 valence electrons. The second-order valence-corrected chi connectivity index (χ2v) is 5.54. The van der Waals surface area contributed by atoms with E-state index in [9.17, 15) is 9.18 Å². The van der Waals surface area contributed by atoms with Gasteiger partial charge in [0.15, 0.2) is 17.2 Å². The number of rotatable bonds is 5. The van der Waals surface area contributed by atoms with Crippen LogP contribution >= 0.6 is 0 Å². The van der Waals surface area contributed by atoms with E-state index in [1.165, 1.54) is 25.6 Å². The van der Waals surface area contributed by atoms with Crippen molar-refractivity contribution < 1.29 is 18.7 Å². The van der Waals surface area contributed by atoms with Crippen LogP contribution in [-0.2, 0) is 0 Å². The summed E-state index contributed by atoms with van der Waals surface area (Å²) in [4.78, 5) is 25.3. The SMILES string of the molecule is COc1cc(F)ccc1Oc1nc2ccccc2nc1C(=O)Nc1nc[nH]n1. The van der Waals surface area contributed by atoms with Crippen LogP contribution in [0.25, 0.3) is 11.0 Å². The van der Waals surface area contributed by atoms with Crippen molar-refractivity contribution in [3.05, 3.63) is 60.3 Å². The first kappa shape index (κ1) is 17.3. The van der Waals surface area contributed by atoms with Crippen LogP contribution in [-0.4, -0.2) is 38.2 Å². The summed E-state index contributed by atoms with van der Waals surface area (Å²) < 4.78 is 24.3. The van der Waals surface area contributed by atoms with Crippen LogP contribution in [0.5, 0.6) is 17.4 Å². The first-order valence-electron chi connectivity index (χ1n) is 8.09. The molecule has 2 N–H and O–H groups in total. The van der Waals surface area contributed by atoms with Gasteiger partial charge in [-0.05, 0) is 24.3 Å². The normalized spacial score (nSPS) is 10.6. The zero-order valence-electron chi connectivity index (χ0n) is 14.5. The van der Waals surface area contributed by atoms with Crippen LogP contribution in [0, 0.1) is 5.82 Å². The predicted molar refractivity (Wildman–Crippen MR) is 96.9 cm³/mol. The summed E-state index contributed by atoms with van der Waals surface area (Å²) in [5, 5.41) is 8.77. The highest BCUT2D eigenvalue weighted by Crippen LogP contribution is 2.33. The third-order valence-corrected chi connectivity index (χ3v) is 3.73. The van der Waals surface area contributed by atoms with Gasteiger partial charge in [0.2, 0.25) is 5.95 Å². The number of para-hydroxylation sites is 2. The van der Waals surface area contributed by atoms with Crippen molar-refractivity contribution in [1.29, 1.82) is 0 Å². The number of hydrogen-bond donors (Lipinski definition) is 2. The van der Waals surface area contributed by atoms with Gasteiger partial charge in [-0.2, -0.15) is 0 Å². The number of methoxy groups -OCH3 is 1. The minimum absolute atomic E-state index is 0.0726. The smallest absolute Gasteiger partial charge is 0.282 e. The van der Waals surface area contributed by atoms with Gasteiger partial charge in [-0.1, -0.05) is 12.1 Å². The molecule has 10 heteroatoms. The van der Waals surface area contributed by atoms with Crippen LogP contribution < -0.4 is 14.8 Å². The number of benzene rings is 2. The van der Waals surface area contributed by atoms with Crippen molar-refractivity contribution in [3.8, 4) is 17.4 Å². The molecule has 4 rings (SSSR count). The topological polar surface area (TPSA) is 115 Å². The van der Waals surface area contributed by atoms with Crippen molar-refractivity contribution >= 4 is 22.9 Å². The molecule has 0 saturated carbocycles. The Bertz CT molecular complexity index is 1150. The van der Waals surface area contributed by atoms with E-state index in [1.54, 1.807) is 24.3 Å². The molecule has 0 unspecified atom stereocenters. The van der Waals surface area contributed by atoms with Crippen LogP contribution in [0.1, 0.15) is 10.5 Å². The number of nitrogens with zero attached hydrogens (tertiary/aromatic N) is 4. The van der Waals surface area contributed by atoms with Gasteiger partial charge in [-0.3, -0.25) is 15.2 Å². The van der Waals surface area contributed by atoms with Gasteiger partial charge in [0.25, 0.3) is 11.8 Å². The highest BCUT2D eigenvalue weighted by Gasteiger charge is 2.21. The van der Waals surface area contributed by atoms with E-state index in [4.69, 9.17) is 9.47 Å². The summed E-state index contributed by atoms with van der Waals surface area (Å²) in [6.45, 7) is 0. The van der Waals surface area contributed by atoms with E-state index < -0.39 is 11.7 Å². The zero-order chi connectivity index (χ0) is 19.5. The average molecular weight is 380 g/mol. The quantitative estimate of drug-likeness (QED) is 0.547. The Morgan fingerprint density at radius 1 is 1.11 bits per heavy atom. The van der Waals surface area contributed by atoms with Gasteiger partial charge in [0, 0.05) is 6.07 Å². The maximum atomic E-state index is 13.5. The molecule has 2 aromatic carbocycles. The van der Waals surface area contributed by atoms with E-state index in [0.29, 0.717) is 11.0 Å². The fourth-order valence-corrected chi connectivity index (χ4v) is 2.46. The van der Waals surface area contributed by atoms with Crippen LogP contribution in [0.2, 0.25) is 0 Å². The number of ether oxygens (including phenoxy) is 2. The molecular weight excluding hydrogens is 367 g/mol. The second kappa shape index (κ2) is 7.27. The Balaban J connectivity index is 1.78. The lowest BCUT2D eigenvalue weighted by atomic mass is 10.2. The Hall–Kier alpha value is -4.08. The summed E-state index contributed by atoms with van der Waals surface area (Å²) in [5.74, 6) is -0.775. The van der Waals surface area contributed by atoms with Crippen LogP contribution in [0.3, 0.4) is 0 Å². The van der Waals surface area contributed by atoms with E-state index in [1.807, 2.05) is 0 Å². The number of carbonyl (C=O) groups is 1. The third-order valence-electron chi connectivity index (χ3n) is 3.73. The zero-order valence-corrected chi connectivity index (χ0v) is 14.5. The van der Waals surface area contributed by atoms with Gasteiger partial charge < -0.3 is 9.47 Å².